The number of hydrogen-bond donors (Lipinski definition) is 0. The predicted octanol–water partition coefficient (Wildman–Crippen LogP) is 0. The second-order valence-electron chi connectivity index (χ2n) is 0. The molecule has 0 heterocycles. The molecule has 0 unspecified atom stereocenters. The Kier molecular flexibility index (Phi) is 5270. The van der Waals surface area contributed by atoms with Gasteiger partial charge in [0.2, 0.25) is 0 Å². The summed E-state index contributed by atoms with van der Waals surface area (Å²) in [6.45, 7) is 0. The van der Waals surface area contributed by atoms with Gasteiger partial charge in [-0.05, 0) is 0 Å². The van der Waals surface area contributed by atoms with E-state index in [9.17, 15) is 0 Å². The van der Waals surface area contributed by atoms with E-state index in [1.54, 1.807) is 0 Å². The van der Waals surface area contributed by atoms with Crippen molar-refractivity contribution < 1.29 is 4020 Å². The average Bonchev–Trinajstić information content (AvgIpc) is 0. The zero-order chi connectivity index (χ0) is 0. The van der Waals surface area contributed by atoms with E-state index in [0.717, 1.165) is 0 Å². The molecular weight excluding hydrogens is 16500 g/mol. The van der Waals surface area contributed by atoms with Crippen LogP contribution >= 0.6 is 0 Å². The molecule has 104 heavy (non-hydrogen) atoms. The van der Waals surface area contributed by atoms with E-state index < -0.39 is 0 Å². The van der Waals surface area contributed by atoms with Gasteiger partial charge in [-0.2, -0.15) is 0 Å². The summed E-state index contributed by atoms with van der Waals surface area (Å²) in [4.78, 5) is 0. The summed E-state index contributed by atoms with van der Waals surface area (Å²) in [5, 5.41) is 0. The Balaban J connectivity index is 0. The third kappa shape index (κ3) is 726. The van der Waals surface area contributed by atoms with Gasteiger partial charge in [0.15, 0.2) is 0 Å². The molecule has 0 aliphatic heterocycles. The first kappa shape index (κ1) is 745. The maximum absolute atomic E-state index is 0. The van der Waals surface area contributed by atoms with Gasteiger partial charge in [0.05, 0.1) is 0 Å². The smallest absolute Gasteiger partial charge is 0 e. The fourth-order valence-electron chi connectivity index (χ4n) is 0. The van der Waals surface area contributed by atoms with Crippen molar-refractivity contribution in [1.29, 1.82) is 0 Å². The molecule has 0 N–H and O–H groups in total. The molecule has 0 aromatic heterocycles. The molecule has 0 nitrogen and oxygen atoms in total. The van der Waals surface area contributed by atoms with E-state index in [1.807, 2.05) is 0 Å². The molecule has 0 spiro atoms. The molecule has 0 atom stereocenters. The van der Waals surface area contributed by atoms with E-state index in [-0.39, 0.29) is 4020 Å². The SMILES string of the molecule is [Tb].[Tb].[Tb].[Tb].[Tb].[Tb].[Tb].[Tb].[Tb].[Tb].[Tb].[Tb].[Tb].[Tb].[Tb].[Tb].[Tb].[Tb].[Tb].[Tb].[Tb].[Tb].[Tb].[Tb].[Tb].[Tb].[Tb].[Tb].[Tb].[Tb].[Tb].[Tb].[Tb].[Tb].[Tb].[Tb].[Tb].[Tb].[Tb].[Tb].[Tb].[Tb].[Tb].[Tb].[Tb].[Tb].[Tb].[Tb].[Tb].[Tb].[Tb].[Tb].[Tb].[Tb].[Tb].[Tb].[Tb].[Tb].[Tb].[Tb].[Tb].[Tb].[Tb].[Tb].[Tb].[Tb].[Tb].[Tb].[Tb].[Tb].[Tb].[Tb].[Tb].[Tb].[Tb].[Tb].[Tb].[Tb].[Tb].[Tb].[Tb].[Tb].[Tb].[Tb].[Tb].[Tb].[Tb].[Tb].[Tb].[Tb].[Tb].[Tb].[Tb].[Tb].[Tb].[Tb].[Tb].[Tb].[Tb].[Tb].[Tb].[Tb].[Tb].[Tb]. The van der Waals surface area contributed by atoms with Gasteiger partial charge in [0.1, 0.15) is 0 Å². The van der Waals surface area contributed by atoms with Gasteiger partial charge in [0, 0.05) is 4020 Å². The van der Waals surface area contributed by atoms with Crippen LogP contribution in [-0.4, -0.2) is 0 Å². The molecule has 0 aliphatic rings. The first-order chi connectivity index (χ1) is 0. The van der Waals surface area contributed by atoms with Gasteiger partial charge >= 0.3 is 0 Å². The molecule has 0 aromatic carbocycles. The van der Waals surface area contributed by atoms with Crippen LogP contribution in [0.2, 0.25) is 0 Å². The Labute approximate surface area is 3840 Å². The van der Waals surface area contributed by atoms with Crippen LogP contribution in [0.5, 0.6) is 0 Å². The standard InChI is InChI=1S/104Tb. The summed E-state index contributed by atoms with van der Waals surface area (Å²) in [5.74, 6) is 0. The number of hydrogen-bond acceptors (Lipinski definition) is 0. The average molecular weight is 16500 g/mol. The molecule has 104 heteroatoms. The van der Waals surface area contributed by atoms with Crippen molar-refractivity contribution in [3.05, 3.63) is 0 Å². The van der Waals surface area contributed by atoms with E-state index in [2.05, 4.69) is 0 Å². The second-order valence-corrected chi connectivity index (χ2v) is 0. The molecule has 0 saturated carbocycles. The van der Waals surface area contributed by atoms with Gasteiger partial charge in [0.25, 0.3) is 0 Å². The van der Waals surface area contributed by atoms with Crippen molar-refractivity contribution in [3.63, 3.8) is 0 Å². The first-order valence-electron chi connectivity index (χ1n) is 0. The minimum Gasteiger partial charge on any atom is 0 e. The molecule has 0 aromatic rings. The van der Waals surface area contributed by atoms with Gasteiger partial charge in [-0.15, -0.1) is 0 Å². The van der Waals surface area contributed by atoms with E-state index in [1.165, 1.54) is 0 Å². The molecular formula is Tb104. The van der Waals surface area contributed by atoms with E-state index in [0.29, 0.717) is 0 Å². The maximum Gasteiger partial charge on any atom is 0 e. The maximum atomic E-state index is 0. The minimum absolute atomic E-state index is 0. The minimum atomic E-state index is 0. The van der Waals surface area contributed by atoms with Crippen molar-refractivity contribution in [1.82, 2.24) is 0 Å². The van der Waals surface area contributed by atoms with E-state index >= 15 is 0 Å². The van der Waals surface area contributed by atoms with E-state index in [4.69, 9.17) is 0 Å². The van der Waals surface area contributed by atoms with Crippen LogP contribution in [0.15, 0.2) is 0 Å². The van der Waals surface area contributed by atoms with Crippen LogP contribution in [0.4, 0.5) is 0 Å². The summed E-state index contributed by atoms with van der Waals surface area (Å²) < 4.78 is 0. The molecule has 0 amide bonds. The van der Waals surface area contributed by atoms with Gasteiger partial charge in [-0.1, -0.05) is 0 Å². The summed E-state index contributed by atoms with van der Waals surface area (Å²) in [7, 11) is 0. The quantitative estimate of drug-likeness (QED) is 0.321. The zero-order valence-corrected chi connectivity index (χ0v) is 257. The third-order valence-electron chi connectivity index (χ3n) is 0. The fourth-order valence-corrected chi connectivity index (χ4v) is 0. The first-order valence-corrected chi connectivity index (χ1v) is 0. The largest absolute Gasteiger partial charge is 0 e. The fraction of sp³-hybridized carbons (Fsp3) is 0. The summed E-state index contributed by atoms with van der Waals surface area (Å²) in [5.41, 5.74) is 0. The molecule has 0 fully saturated rings. The second kappa shape index (κ2) is 736. The van der Waals surface area contributed by atoms with Crippen LogP contribution in [-0.2, 0) is 0 Å². The Morgan fingerprint density at radius 1 is 0.00962 bits per heavy atom. The zero-order valence-electron chi connectivity index (χ0n) is 34.7. The Bertz CT molecular complexity index is 0. The molecule has 0 bridgehead atoms. The number of rotatable bonds is 0. The van der Waals surface area contributed by atoms with Crippen molar-refractivity contribution >= 4 is 0 Å². The third-order valence-corrected chi connectivity index (χ3v) is 0. The summed E-state index contributed by atoms with van der Waals surface area (Å²) >= 11 is 0. The van der Waals surface area contributed by atoms with Gasteiger partial charge in [-0.3, -0.25) is 0 Å². The molecule has 0 aliphatic carbocycles. The molecule has 0 rings (SSSR count). The monoisotopic (exact) mass is 16500 g/mol. The predicted molar refractivity (Wildman–Crippen MR) is 0 cm³/mol. The van der Waals surface area contributed by atoms with Crippen LogP contribution in [0.1, 0.15) is 0 Å². The Hall–Kier alpha value is 134. The van der Waals surface area contributed by atoms with Crippen molar-refractivity contribution in [2.75, 3.05) is 0 Å². The normalized spacial score (nSPS) is 0. The van der Waals surface area contributed by atoms with Crippen LogP contribution in [0.3, 0.4) is 0 Å². The van der Waals surface area contributed by atoms with Crippen LogP contribution in [0.25, 0.3) is 0 Å². The van der Waals surface area contributed by atoms with Gasteiger partial charge in [-0.25, -0.2) is 0 Å². The molecule has 104 radical (unpaired) electrons. The van der Waals surface area contributed by atoms with Crippen LogP contribution < -0.4 is 0 Å². The van der Waals surface area contributed by atoms with Crippen LogP contribution in [0, 0.1) is 4020 Å². The topological polar surface area (TPSA) is 0 Å². The molecule has 936 valence electrons. The van der Waals surface area contributed by atoms with Gasteiger partial charge < -0.3 is 0 Å². The Morgan fingerprint density at radius 3 is 0.00962 bits per heavy atom. The summed E-state index contributed by atoms with van der Waals surface area (Å²) in [6, 6.07) is 0. The van der Waals surface area contributed by atoms with Crippen molar-refractivity contribution in [3.8, 4) is 0 Å². The Morgan fingerprint density at radius 2 is 0.00962 bits per heavy atom. The summed E-state index contributed by atoms with van der Waals surface area (Å²) in [6.07, 6.45) is 0. The molecule has 0 saturated heterocycles. The van der Waals surface area contributed by atoms with Crippen molar-refractivity contribution in [2.45, 2.75) is 0 Å². The van der Waals surface area contributed by atoms with Crippen molar-refractivity contribution in [2.24, 2.45) is 0 Å².